The van der Waals surface area contributed by atoms with Crippen LogP contribution < -0.4 is 4.74 Å². The SMILES string of the molecule is COCCC(=O)C1CC(=O)N([C@H](C)c2ccc(OC)cc2)C1. The first kappa shape index (κ1) is 16.5. The molecule has 2 rings (SSSR count). The van der Waals surface area contributed by atoms with Gasteiger partial charge in [-0.2, -0.15) is 0 Å². The molecule has 22 heavy (non-hydrogen) atoms. The minimum Gasteiger partial charge on any atom is -0.497 e. The van der Waals surface area contributed by atoms with E-state index in [9.17, 15) is 9.59 Å². The van der Waals surface area contributed by atoms with Crippen LogP contribution in [0.15, 0.2) is 24.3 Å². The van der Waals surface area contributed by atoms with E-state index in [-0.39, 0.29) is 23.7 Å². The van der Waals surface area contributed by atoms with Crippen LogP contribution in [0.2, 0.25) is 0 Å². The van der Waals surface area contributed by atoms with E-state index in [1.54, 1.807) is 19.1 Å². The second-order valence-corrected chi connectivity index (χ2v) is 5.61. The van der Waals surface area contributed by atoms with Gasteiger partial charge in [0.15, 0.2) is 0 Å². The predicted octanol–water partition coefficient (Wildman–Crippen LogP) is 2.21. The first-order valence-electron chi connectivity index (χ1n) is 7.52. The Balaban J connectivity index is 2.02. The topological polar surface area (TPSA) is 55.8 Å². The standard InChI is InChI=1S/C17H23NO4/c1-12(13-4-6-15(22-3)7-5-13)18-11-14(10-17(18)20)16(19)8-9-21-2/h4-7,12,14H,8-11H2,1-3H3/t12-,14?/m1/s1. The molecule has 0 saturated carbocycles. The summed E-state index contributed by atoms with van der Waals surface area (Å²) in [7, 11) is 3.20. The van der Waals surface area contributed by atoms with Gasteiger partial charge in [-0.05, 0) is 24.6 Å². The second-order valence-electron chi connectivity index (χ2n) is 5.61. The Labute approximate surface area is 131 Å². The molecule has 1 heterocycles. The van der Waals surface area contributed by atoms with Gasteiger partial charge < -0.3 is 14.4 Å². The van der Waals surface area contributed by atoms with Gasteiger partial charge in [-0.15, -0.1) is 0 Å². The highest BCUT2D eigenvalue weighted by Crippen LogP contribution is 2.30. The molecule has 1 amide bonds. The molecular formula is C17H23NO4. The Morgan fingerprint density at radius 2 is 2.00 bits per heavy atom. The molecule has 1 fully saturated rings. The van der Waals surface area contributed by atoms with Crippen molar-refractivity contribution in [2.75, 3.05) is 27.4 Å². The van der Waals surface area contributed by atoms with Gasteiger partial charge >= 0.3 is 0 Å². The molecule has 1 unspecified atom stereocenters. The number of nitrogens with zero attached hydrogens (tertiary/aromatic N) is 1. The summed E-state index contributed by atoms with van der Waals surface area (Å²) >= 11 is 0. The average molecular weight is 305 g/mol. The number of carbonyl (C=O) groups is 2. The van der Waals surface area contributed by atoms with Crippen LogP contribution in [0.25, 0.3) is 0 Å². The van der Waals surface area contributed by atoms with Gasteiger partial charge in [0.05, 0.1) is 19.8 Å². The zero-order chi connectivity index (χ0) is 16.1. The number of amides is 1. The molecule has 120 valence electrons. The van der Waals surface area contributed by atoms with E-state index < -0.39 is 0 Å². The summed E-state index contributed by atoms with van der Waals surface area (Å²) in [4.78, 5) is 26.1. The van der Waals surface area contributed by atoms with Crippen molar-refractivity contribution in [2.45, 2.75) is 25.8 Å². The van der Waals surface area contributed by atoms with Crippen molar-refractivity contribution in [3.63, 3.8) is 0 Å². The Bertz CT molecular complexity index is 526. The lowest BCUT2D eigenvalue weighted by atomic mass is 10.0. The van der Waals surface area contributed by atoms with Crippen LogP contribution in [0.1, 0.15) is 31.4 Å². The number of methoxy groups -OCH3 is 2. The van der Waals surface area contributed by atoms with Crippen LogP contribution in [0.5, 0.6) is 5.75 Å². The summed E-state index contributed by atoms with van der Waals surface area (Å²) < 4.78 is 10.1. The molecule has 0 spiro atoms. The van der Waals surface area contributed by atoms with Crippen LogP contribution in [-0.4, -0.2) is 44.0 Å². The summed E-state index contributed by atoms with van der Waals surface area (Å²) in [5.74, 6) is 0.735. The quantitative estimate of drug-likeness (QED) is 0.775. The summed E-state index contributed by atoms with van der Waals surface area (Å²) in [5.41, 5.74) is 1.04. The van der Waals surface area contributed by atoms with Crippen LogP contribution in [0.3, 0.4) is 0 Å². The van der Waals surface area contributed by atoms with Crippen LogP contribution >= 0.6 is 0 Å². The predicted molar refractivity (Wildman–Crippen MR) is 82.7 cm³/mol. The molecule has 1 aromatic carbocycles. The van der Waals surface area contributed by atoms with Crippen molar-refractivity contribution in [1.82, 2.24) is 4.90 Å². The number of hydrogen-bond donors (Lipinski definition) is 0. The summed E-state index contributed by atoms with van der Waals surface area (Å²) in [6.45, 7) is 2.90. The lowest BCUT2D eigenvalue weighted by Gasteiger charge is -2.25. The highest BCUT2D eigenvalue weighted by molar-refractivity contribution is 5.90. The fourth-order valence-corrected chi connectivity index (χ4v) is 2.79. The molecule has 0 bridgehead atoms. The molecule has 0 N–H and O–H groups in total. The highest BCUT2D eigenvalue weighted by atomic mass is 16.5. The number of carbonyl (C=O) groups excluding carboxylic acids is 2. The molecule has 5 nitrogen and oxygen atoms in total. The number of benzene rings is 1. The van der Waals surface area contributed by atoms with Gasteiger partial charge in [0, 0.05) is 32.4 Å². The fraction of sp³-hybridized carbons (Fsp3) is 0.529. The first-order valence-corrected chi connectivity index (χ1v) is 7.52. The van der Waals surface area contributed by atoms with E-state index in [1.807, 2.05) is 31.2 Å². The Morgan fingerprint density at radius 1 is 1.32 bits per heavy atom. The number of rotatable bonds is 7. The zero-order valence-corrected chi connectivity index (χ0v) is 13.4. The third-order valence-corrected chi connectivity index (χ3v) is 4.23. The van der Waals surface area contributed by atoms with Crippen molar-refractivity contribution in [2.24, 2.45) is 5.92 Å². The molecule has 0 radical (unpaired) electrons. The summed E-state index contributed by atoms with van der Waals surface area (Å²) in [6, 6.07) is 7.63. The van der Waals surface area contributed by atoms with Crippen LogP contribution in [0, 0.1) is 5.92 Å². The third-order valence-electron chi connectivity index (χ3n) is 4.23. The molecule has 2 atom stereocenters. The van der Waals surface area contributed by atoms with Crippen molar-refractivity contribution >= 4 is 11.7 Å². The molecule has 1 aliphatic heterocycles. The van der Waals surface area contributed by atoms with Gasteiger partial charge in [0.1, 0.15) is 11.5 Å². The van der Waals surface area contributed by atoms with Gasteiger partial charge in [0.2, 0.25) is 5.91 Å². The lowest BCUT2D eigenvalue weighted by molar-refractivity contribution is -0.130. The van der Waals surface area contributed by atoms with Crippen molar-refractivity contribution in [3.05, 3.63) is 29.8 Å². The lowest BCUT2D eigenvalue weighted by Crippen LogP contribution is -2.29. The highest BCUT2D eigenvalue weighted by Gasteiger charge is 2.36. The number of ether oxygens (including phenoxy) is 2. The second kappa shape index (κ2) is 7.40. The average Bonchev–Trinajstić information content (AvgIpc) is 2.94. The van der Waals surface area contributed by atoms with E-state index >= 15 is 0 Å². The summed E-state index contributed by atoms with van der Waals surface area (Å²) in [6.07, 6.45) is 0.683. The van der Waals surface area contributed by atoms with E-state index in [1.165, 1.54) is 0 Å². The van der Waals surface area contributed by atoms with Crippen molar-refractivity contribution in [1.29, 1.82) is 0 Å². The Hall–Kier alpha value is -1.88. The first-order chi connectivity index (χ1) is 10.6. The molecule has 1 aromatic rings. The minimum atomic E-state index is -0.205. The normalized spacial score (nSPS) is 19.3. The fourth-order valence-electron chi connectivity index (χ4n) is 2.79. The van der Waals surface area contributed by atoms with E-state index in [4.69, 9.17) is 9.47 Å². The number of ketones is 1. The molecule has 1 aliphatic rings. The van der Waals surface area contributed by atoms with Crippen LogP contribution in [0.4, 0.5) is 0 Å². The maximum absolute atomic E-state index is 12.2. The van der Waals surface area contributed by atoms with Gasteiger partial charge in [0.25, 0.3) is 0 Å². The zero-order valence-electron chi connectivity index (χ0n) is 13.4. The monoisotopic (exact) mass is 305 g/mol. The van der Waals surface area contributed by atoms with Gasteiger partial charge in [-0.25, -0.2) is 0 Å². The largest absolute Gasteiger partial charge is 0.497 e. The smallest absolute Gasteiger partial charge is 0.223 e. The molecular weight excluding hydrogens is 282 g/mol. The van der Waals surface area contributed by atoms with Gasteiger partial charge in [-0.3, -0.25) is 9.59 Å². The van der Waals surface area contributed by atoms with Gasteiger partial charge in [-0.1, -0.05) is 12.1 Å². The molecule has 0 aliphatic carbocycles. The summed E-state index contributed by atoms with van der Waals surface area (Å²) in [5, 5.41) is 0. The van der Waals surface area contributed by atoms with E-state index in [0.717, 1.165) is 11.3 Å². The van der Waals surface area contributed by atoms with Crippen molar-refractivity contribution in [3.8, 4) is 5.75 Å². The number of likely N-dealkylation sites (tertiary alicyclic amines) is 1. The molecule has 0 aromatic heterocycles. The van der Waals surface area contributed by atoms with Crippen LogP contribution in [-0.2, 0) is 14.3 Å². The van der Waals surface area contributed by atoms with E-state index in [2.05, 4.69) is 0 Å². The molecule has 5 heteroatoms. The van der Waals surface area contributed by atoms with E-state index in [0.29, 0.717) is 26.0 Å². The minimum absolute atomic E-state index is 0.0408. The number of Topliss-reactive ketones (excluding diaryl/α,β-unsaturated/α-hetero) is 1. The Kier molecular flexibility index (Phi) is 5.55. The molecule has 1 saturated heterocycles. The third kappa shape index (κ3) is 3.65. The van der Waals surface area contributed by atoms with Crippen molar-refractivity contribution < 1.29 is 19.1 Å². The number of hydrogen-bond acceptors (Lipinski definition) is 4. The Morgan fingerprint density at radius 3 is 2.59 bits per heavy atom. The maximum Gasteiger partial charge on any atom is 0.223 e. The maximum atomic E-state index is 12.2.